The van der Waals surface area contributed by atoms with Gasteiger partial charge in [0.2, 0.25) is 10.0 Å². The SMILES string of the molecule is Cc1cc(S(=O)(=O)NCC2(CCO)CCCCC2)c(C)o1. The number of aliphatic hydroxyl groups is 1. The van der Waals surface area contributed by atoms with Crippen LogP contribution in [0, 0.1) is 19.3 Å². The predicted octanol–water partition coefficient (Wildman–Crippen LogP) is 2.51. The van der Waals surface area contributed by atoms with Crippen LogP contribution in [0.4, 0.5) is 0 Å². The largest absolute Gasteiger partial charge is 0.465 e. The van der Waals surface area contributed by atoms with E-state index in [0.29, 0.717) is 24.5 Å². The van der Waals surface area contributed by atoms with E-state index in [1.807, 2.05) is 0 Å². The van der Waals surface area contributed by atoms with Gasteiger partial charge in [0.05, 0.1) is 0 Å². The summed E-state index contributed by atoms with van der Waals surface area (Å²) in [5, 5.41) is 9.29. The van der Waals surface area contributed by atoms with Crippen molar-refractivity contribution < 1.29 is 17.9 Å². The minimum Gasteiger partial charge on any atom is -0.465 e. The third-order valence-corrected chi connectivity index (χ3v) is 5.99. The van der Waals surface area contributed by atoms with E-state index in [1.54, 1.807) is 19.9 Å². The van der Waals surface area contributed by atoms with Crippen molar-refractivity contribution in [1.29, 1.82) is 0 Å². The van der Waals surface area contributed by atoms with E-state index in [-0.39, 0.29) is 16.9 Å². The van der Waals surface area contributed by atoms with Crippen molar-refractivity contribution in [2.45, 2.75) is 57.3 Å². The molecule has 6 heteroatoms. The summed E-state index contributed by atoms with van der Waals surface area (Å²) in [6.45, 7) is 3.89. The normalized spacial score (nSPS) is 18.8. The topological polar surface area (TPSA) is 79.5 Å². The lowest BCUT2D eigenvalue weighted by molar-refractivity contribution is 0.133. The first kappa shape index (κ1) is 16.5. The summed E-state index contributed by atoms with van der Waals surface area (Å²) >= 11 is 0. The zero-order valence-electron chi connectivity index (χ0n) is 12.8. The van der Waals surface area contributed by atoms with Gasteiger partial charge in [-0.1, -0.05) is 19.3 Å². The molecule has 0 spiro atoms. The van der Waals surface area contributed by atoms with Gasteiger partial charge < -0.3 is 9.52 Å². The van der Waals surface area contributed by atoms with Crippen molar-refractivity contribution in [3.8, 4) is 0 Å². The van der Waals surface area contributed by atoms with Crippen molar-refractivity contribution in [2.24, 2.45) is 5.41 Å². The Hall–Kier alpha value is -0.850. The maximum atomic E-state index is 12.4. The van der Waals surface area contributed by atoms with Crippen LogP contribution in [0.15, 0.2) is 15.4 Å². The molecule has 0 amide bonds. The maximum absolute atomic E-state index is 12.4. The highest BCUT2D eigenvalue weighted by molar-refractivity contribution is 7.89. The van der Waals surface area contributed by atoms with Crippen LogP contribution in [0.3, 0.4) is 0 Å². The van der Waals surface area contributed by atoms with Gasteiger partial charge in [-0.15, -0.1) is 0 Å². The second-order valence-electron chi connectivity index (χ2n) is 6.14. The first-order chi connectivity index (χ1) is 9.88. The molecule has 0 radical (unpaired) electrons. The smallest absolute Gasteiger partial charge is 0.244 e. The molecule has 0 aliphatic heterocycles. The molecule has 5 nitrogen and oxygen atoms in total. The Bertz CT molecular complexity index is 565. The van der Waals surface area contributed by atoms with Crippen LogP contribution in [0.25, 0.3) is 0 Å². The van der Waals surface area contributed by atoms with Gasteiger partial charge in [-0.3, -0.25) is 0 Å². The summed E-state index contributed by atoms with van der Waals surface area (Å²) < 4.78 is 32.9. The van der Waals surface area contributed by atoms with E-state index in [0.717, 1.165) is 25.7 Å². The standard InChI is InChI=1S/C15H25NO4S/c1-12-10-14(13(2)20-12)21(18,19)16-11-15(8-9-17)6-4-3-5-7-15/h10,16-17H,3-9,11H2,1-2H3. The molecule has 1 saturated carbocycles. The molecule has 0 aromatic carbocycles. The van der Waals surface area contributed by atoms with Gasteiger partial charge in [0.25, 0.3) is 0 Å². The predicted molar refractivity (Wildman–Crippen MR) is 80.6 cm³/mol. The Morgan fingerprint density at radius 2 is 1.95 bits per heavy atom. The van der Waals surface area contributed by atoms with Crippen LogP contribution in [-0.2, 0) is 10.0 Å². The molecule has 1 fully saturated rings. The lowest BCUT2D eigenvalue weighted by Gasteiger charge is -2.37. The molecule has 21 heavy (non-hydrogen) atoms. The molecule has 0 bridgehead atoms. The van der Waals surface area contributed by atoms with Gasteiger partial charge >= 0.3 is 0 Å². The Balaban J connectivity index is 2.11. The number of furan rings is 1. The van der Waals surface area contributed by atoms with Crippen LogP contribution in [0.2, 0.25) is 0 Å². The van der Waals surface area contributed by atoms with Crippen LogP contribution in [0.5, 0.6) is 0 Å². The van der Waals surface area contributed by atoms with Crippen LogP contribution in [-0.4, -0.2) is 26.7 Å². The number of hydrogen-bond donors (Lipinski definition) is 2. The number of aliphatic hydroxyl groups excluding tert-OH is 1. The summed E-state index contributed by atoms with van der Waals surface area (Å²) in [6, 6.07) is 1.55. The zero-order valence-corrected chi connectivity index (χ0v) is 13.6. The fourth-order valence-electron chi connectivity index (χ4n) is 3.25. The van der Waals surface area contributed by atoms with Crippen molar-refractivity contribution >= 4 is 10.0 Å². The highest BCUT2D eigenvalue weighted by Gasteiger charge is 2.33. The number of rotatable bonds is 6. The van der Waals surface area contributed by atoms with E-state index in [2.05, 4.69) is 4.72 Å². The fraction of sp³-hybridized carbons (Fsp3) is 0.733. The lowest BCUT2D eigenvalue weighted by atomic mass is 9.72. The average Bonchev–Trinajstić information content (AvgIpc) is 2.78. The molecule has 1 heterocycles. The van der Waals surface area contributed by atoms with Gasteiger partial charge in [-0.25, -0.2) is 13.1 Å². The number of sulfonamides is 1. The summed E-state index contributed by atoms with van der Waals surface area (Å²) in [5.74, 6) is 1.01. The van der Waals surface area contributed by atoms with E-state index in [9.17, 15) is 13.5 Å². The first-order valence-electron chi connectivity index (χ1n) is 7.56. The van der Waals surface area contributed by atoms with Crippen LogP contribution < -0.4 is 4.72 Å². The van der Waals surface area contributed by atoms with Crippen molar-refractivity contribution in [3.05, 3.63) is 17.6 Å². The summed E-state index contributed by atoms with van der Waals surface area (Å²) in [5.41, 5.74) is -0.104. The molecule has 2 N–H and O–H groups in total. The molecule has 0 atom stereocenters. The minimum atomic E-state index is -3.55. The summed E-state index contributed by atoms with van der Waals surface area (Å²) in [7, 11) is -3.55. The van der Waals surface area contributed by atoms with E-state index in [4.69, 9.17) is 4.42 Å². The molecular formula is C15H25NO4S. The van der Waals surface area contributed by atoms with E-state index in [1.165, 1.54) is 6.42 Å². The average molecular weight is 315 g/mol. The zero-order chi connectivity index (χ0) is 15.5. The van der Waals surface area contributed by atoms with Gasteiger partial charge in [0, 0.05) is 13.2 Å². The van der Waals surface area contributed by atoms with Gasteiger partial charge in [-0.2, -0.15) is 0 Å². The molecule has 1 aromatic heterocycles. The number of aryl methyl sites for hydroxylation is 2. The fourth-order valence-corrected chi connectivity index (χ4v) is 4.65. The Morgan fingerprint density at radius 3 is 2.48 bits per heavy atom. The summed E-state index contributed by atoms with van der Waals surface area (Å²) in [6.07, 6.45) is 6.00. The third kappa shape index (κ3) is 3.87. The van der Waals surface area contributed by atoms with Crippen molar-refractivity contribution in [3.63, 3.8) is 0 Å². The second-order valence-corrected chi connectivity index (χ2v) is 7.87. The van der Waals surface area contributed by atoms with Crippen LogP contribution >= 0.6 is 0 Å². The molecule has 0 saturated heterocycles. The van der Waals surface area contributed by atoms with Crippen molar-refractivity contribution in [1.82, 2.24) is 4.72 Å². The molecule has 1 aliphatic rings. The van der Waals surface area contributed by atoms with E-state index >= 15 is 0 Å². The van der Waals surface area contributed by atoms with E-state index < -0.39 is 10.0 Å². The monoisotopic (exact) mass is 315 g/mol. The molecule has 1 aliphatic carbocycles. The summed E-state index contributed by atoms with van der Waals surface area (Å²) in [4.78, 5) is 0.218. The Kier molecular flexibility index (Phi) is 5.11. The maximum Gasteiger partial charge on any atom is 0.244 e. The Morgan fingerprint density at radius 1 is 1.29 bits per heavy atom. The molecular weight excluding hydrogens is 290 g/mol. The molecule has 1 aromatic rings. The van der Waals surface area contributed by atoms with Gasteiger partial charge in [-0.05, 0) is 44.6 Å². The molecule has 2 rings (SSSR count). The molecule has 0 unspecified atom stereocenters. The number of nitrogens with one attached hydrogen (secondary N) is 1. The third-order valence-electron chi connectivity index (χ3n) is 4.48. The van der Waals surface area contributed by atoms with Crippen LogP contribution in [0.1, 0.15) is 50.0 Å². The highest BCUT2D eigenvalue weighted by Crippen LogP contribution is 2.38. The highest BCUT2D eigenvalue weighted by atomic mass is 32.2. The van der Waals surface area contributed by atoms with Crippen molar-refractivity contribution in [2.75, 3.05) is 13.2 Å². The first-order valence-corrected chi connectivity index (χ1v) is 9.04. The minimum absolute atomic E-state index is 0.103. The lowest BCUT2D eigenvalue weighted by Crippen LogP contribution is -2.39. The van der Waals surface area contributed by atoms with Gasteiger partial charge in [0.15, 0.2) is 0 Å². The van der Waals surface area contributed by atoms with Gasteiger partial charge in [0.1, 0.15) is 16.4 Å². The number of hydrogen-bond acceptors (Lipinski definition) is 4. The Labute approximate surface area is 126 Å². The quantitative estimate of drug-likeness (QED) is 0.845. The second kappa shape index (κ2) is 6.50. The molecule has 120 valence electrons.